The summed E-state index contributed by atoms with van der Waals surface area (Å²) >= 11 is 3.95. The Balaban J connectivity index is 2.89. The lowest BCUT2D eigenvalue weighted by Crippen LogP contribution is -2.16. The molecule has 1 unspecified atom stereocenters. The molecule has 2 nitrogen and oxygen atoms in total. The van der Waals surface area contributed by atoms with Crippen molar-refractivity contribution in [2.45, 2.75) is 5.25 Å². The van der Waals surface area contributed by atoms with Crippen molar-refractivity contribution in [3.8, 4) is 0 Å². The molecule has 4 heteroatoms. The highest BCUT2D eigenvalue weighted by Gasteiger charge is 2.11. The normalized spacial score (nSPS) is 12.5. The van der Waals surface area contributed by atoms with Crippen LogP contribution in [0.15, 0.2) is 24.3 Å². The van der Waals surface area contributed by atoms with Gasteiger partial charge in [0.25, 0.3) is 0 Å². The molecule has 12 heavy (non-hydrogen) atoms. The summed E-state index contributed by atoms with van der Waals surface area (Å²) < 4.78 is 12.4. The Kier molecular flexibility index (Phi) is 2.70. The number of hydrogen-bond donors (Lipinski definition) is 2. The summed E-state index contributed by atoms with van der Waals surface area (Å²) in [6, 6.07) is 5.50. The van der Waals surface area contributed by atoms with Gasteiger partial charge in [0.05, 0.1) is 0 Å². The number of hydrogen-bond acceptors (Lipinski definition) is 2. The third-order valence-electron chi connectivity index (χ3n) is 1.46. The third kappa shape index (κ3) is 1.98. The van der Waals surface area contributed by atoms with Crippen LogP contribution in [-0.4, -0.2) is 5.91 Å². The van der Waals surface area contributed by atoms with E-state index >= 15 is 0 Å². The lowest BCUT2D eigenvalue weighted by Gasteiger charge is -2.05. The molecular weight excluding hydrogens is 177 g/mol. The predicted octanol–water partition coefficient (Wildman–Crippen LogP) is 1.28. The molecule has 64 valence electrons. The SMILES string of the molecule is NC(=O)C(S)c1ccc(F)cc1. The average molecular weight is 185 g/mol. The van der Waals surface area contributed by atoms with Gasteiger partial charge in [0.1, 0.15) is 11.1 Å². The van der Waals surface area contributed by atoms with Gasteiger partial charge in [-0.05, 0) is 17.7 Å². The van der Waals surface area contributed by atoms with Gasteiger partial charge >= 0.3 is 0 Å². The number of amides is 1. The summed E-state index contributed by atoms with van der Waals surface area (Å²) in [5, 5.41) is -0.661. The minimum absolute atomic E-state index is 0.344. The van der Waals surface area contributed by atoms with Crippen LogP contribution in [0.4, 0.5) is 4.39 Å². The van der Waals surface area contributed by atoms with E-state index in [-0.39, 0.29) is 5.82 Å². The van der Waals surface area contributed by atoms with Crippen molar-refractivity contribution in [1.82, 2.24) is 0 Å². The van der Waals surface area contributed by atoms with Crippen molar-refractivity contribution in [3.63, 3.8) is 0 Å². The second kappa shape index (κ2) is 3.58. The molecule has 0 radical (unpaired) electrons. The summed E-state index contributed by atoms with van der Waals surface area (Å²) in [6.45, 7) is 0. The molecule has 1 aromatic carbocycles. The fourth-order valence-corrected chi connectivity index (χ4v) is 0.981. The summed E-state index contributed by atoms with van der Waals surface area (Å²) in [7, 11) is 0. The number of primary amides is 1. The molecule has 0 bridgehead atoms. The number of rotatable bonds is 2. The van der Waals surface area contributed by atoms with Crippen molar-refractivity contribution < 1.29 is 9.18 Å². The molecule has 0 aliphatic rings. The van der Waals surface area contributed by atoms with E-state index in [0.717, 1.165) is 0 Å². The Bertz CT molecular complexity index is 286. The van der Waals surface area contributed by atoms with E-state index in [2.05, 4.69) is 12.6 Å². The minimum atomic E-state index is -0.661. The van der Waals surface area contributed by atoms with Crippen LogP contribution in [0.1, 0.15) is 10.8 Å². The second-order valence-corrected chi connectivity index (χ2v) is 2.87. The predicted molar refractivity (Wildman–Crippen MR) is 47.3 cm³/mol. The van der Waals surface area contributed by atoms with Crippen LogP contribution >= 0.6 is 12.6 Å². The molecule has 0 aliphatic carbocycles. The molecule has 0 saturated carbocycles. The fourth-order valence-electron chi connectivity index (χ4n) is 0.809. The van der Waals surface area contributed by atoms with E-state index < -0.39 is 11.2 Å². The molecule has 1 atom stereocenters. The Labute approximate surface area is 75.0 Å². The van der Waals surface area contributed by atoms with Gasteiger partial charge in [-0.2, -0.15) is 12.6 Å². The molecular formula is C8H8FNOS. The van der Waals surface area contributed by atoms with Crippen molar-refractivity contribution in [1.29, 1.82) is 0 Å². The smallest absolute Gasteiger partial charge is 0.234 e. The van der Waals surface area contributed by atoms with Crippen LogP contribution in [-0.2, 0) is 4.79 Å². The minimum Gasteiger partial charge on any atom is -0.368 e. The fraction of sp³-hybridized carbons (Fsp3) is 0.125. The van der Waals surface area contributed by atoms with Crippen molar-refractivity contribution >= 4 is 18.5 Å². The summed E-state index contributed by atoms with van der Waals surface area (Å²) in [5.74, 6) is -0.881. The van der Waals surface area contributed by atoms with E-state index in [4.69, 9.17) is 5.73 Å². The topological polar surface area (TPSA) is 43.1 Å². The van der Waals surface area contributed by atoms with E-state index in [0.29, 0.717) is 5.56 Å². The monoisotopic (exact) mass is 185 g/mol. The molecule has 0 heterocycles. The van der Waals surface area contributed by atoms with Crippen LogP contribution in [0.25, 0.3) is 0 Å². The summed E-state index contributed by atoms with van der Waals surface area (Å²) in [5.41, 5.74) is 5.60. The van der Waals surface area contributed by atoms with Gasteiger partial charge in [-0.15, -0.1) is 0 Å². The number of benzene rings is 1. The van der Waals surface area contributed by atoms with Gasteiger partial charge in [0.15, 0.2) is 0 Å². The Morgan fingerprint density at radius 3 is 2.33 bits per heavy atom. The molecule has 2 N–H and O–H groups in total. The lowest BCUT2D eigenvalue weighted by molar-refractivity contribution is -0.117. The van der Waals surface area contributed by atoms with Crippen LogP contribution in [0.5, 0.6) is 0 Å². The zero-order valence-electron chi connectivity index (χ0n) is 6.20. The van der Waals surface area contributed by atoms with Gasteiger partial charge in [-0.1, -0.05) is 12.1 Å². The molecule has 0 aromatic heterocycles. The van der Waals surface area contributed by atoms with Crippen LogP contribution in [0.2, 0.25) is 0 Å². The zero-order valence-corrected chi connectivity index (χ0v) is 7.09. The number of halogens is 1. The van der Waals surface area contributed by atoms with E-state index in [9.17, 15) is 9.18 Å². The Morgan fingerprint density at radius 2 is 1.92 bits per heavy atom. The van der Waals surface area contributed by atoms with Crippen LogP contribution < -0.4 is 5.73 Å². The van der Waals surface area contributed by atoms with Crippen molar-refractivity contribution in [2.75, 3.05) is 0 Å². The van der Waals surface area contributed by atoms with Crippen molar-refractivity contribution in [3.05, 3.63) is 35.6 Å². The summed E-state index contributed by atoms with van der Waals surface area (Å²) in [6.07, 6.45) is 0. The first-order chi connectivity index (χ1) is 5.61. The van der Waals surface area contributed by atoms with Gasteiger partial charge in [-0.3, -0.25) is 4.79 Å². The second-order valence-electron chi connectivity index (χ2n) is 2.36. The molecule has 0 spiro atoms. The van der Waals surface area contributed by atoms with E-state index in [1.807, 2.05) is 0 Å². The highest BCUT2D eigenvalue weighted by atomic mass is 32.1. The lowest BCUT2D eigenvalue weighted by atomic mass is 10.1. The first-order valence-electron chi connectivity index (χ1n) is 3.34. The quantitative estimate of drug-likeness (QED) is 0.670. The first-order valence-corrected chi connectivity index (χ1v) is 3.86. The Morgan fingerprint density at radius 1 is 1.42 bits per heavy atom. The molecule has 0 fully saturated rings. The summed E-state index contributed by atoms with van der Waals surface area (Å²) in [4.78, 5) is 10.6. The Hall–Kier alpha value is -1.03. The third-order valence-corrected chi connectivity index (χ3v) is 2.01. The van der Waals surface area contributed by atoms with Crippen molar-refractivity contribution in [2.24, 2.45) is 5.73 Å². The van der Waals surface area contributed by atoms with Gasteiger partial charge in [0, 0.05) is 0 Å². The molecule has 0 aliphatic heterocycles. The zero-order chi connectivity index (χ0) is 9.14. The molecule has 0 saturated heterocycles. The maximum absolute atomic E-state index is 12.4. The van der Waals surface area contributed by atoms with Gasteiger partial charge in [-0.25, -0.2) is 4.39 Å². The average Bonchev–Trinajstić information content (AvgIpc) is 2.04. The molecule has 1 rings (SSSR count). The highest BCUT2D eigenvalue weighted by molar-refractivity contribution is 7.81. The highest BCUT2D eigenvalue weighted by Crippen LogP contribution is 2.18. The molecule has 1 amide bonds. The van der Waals surface area contributed by atoms with Crippen LogP contribution in [0, 0.1) is 5.82 Å². The van der Waals surface area contributed by atoms with Gasteiger partial charge in [0.2, 0.25) is 5.91 Å². The molecule has 1 aromatic rings. The standard InChI is InChI=1S/C8H8FNOS/c9-6-3-1-5(2-4-6)7(12)8(10)11/h1-4,7,12H,(H2,10,11). The first kappa shape index (κ1) is 9.06. The number of thiol groups is 1. The van der Waals surface area contributed by atoms with E-state index in [1.165, 1.54) is 24.3 Å². The number of nitrogens with two attached hydrogens (primary N) is 1. The number of carbonyl (C=O) groups excluding carboxylic acids is 1. The largest absolute Gasteiger partial charge is 0.368 e. The maximum Gasteiger partial charge on any atom is 0.234 e. The maximum atomic E-state index is 12.4. The van der Waals surface area contributed by atoms with Gasteiger partial charge < -0.3 is 5.73 Å². The van der Waals surface area contributed by atoms with E-state index in [1.54, 1.807) is 0 Å². The number of carbonyl (C=O) groups is 1. The van der Waals surface area contributed by atoms with Crippen LogP contribution in [0.3, 0.4) is 0 Å².